The number of guanidine groups is 1. The van der Waals surface area contributed by atoms with Crippen molar-refractivity contribution in [1.29, 1.82) is 0 Å². The van der Waals surface area contributed by atoms with Crippen LogP contribution in [0.25, 0.3) is 0 Å². The molecule has 21 heavy (non-hydrogen) atoms. The number of ether oxygens (including phenoxy) is 1. The summed E-state index contributed by atoms with van der Waals surface area (Å²) in [5, 5.41) is 2.97. The molecule has 2 rings (SSSR count). The van der Waals surface area contributed by atoms with E-state index in [1.165, 1.54) is 6.07 Å². The van der Waals surface area contributed by atoms with E-state index in [1.54, 1.807) is 12.1 Å². The van der Waals surface area contributed by atoms with Crippen molar-refractivity contribution < 1.29 is 9.13 Å². The van der Waals surface area contributed by atoms with E-state index in [2.05, 4.69) is 10.3 Å². The van der Waals surface area contributed by atoms with Gasteiger partial charge in [-0.3, -0.25) is 0 Å². The molecule has 0 spiro atoms. The largest absolute Gasteiger partial charge is 0.491 e. The average molecular weight is 287 g/mol. The Morgan fingerprint density at radius 3 is 2.67 bits per heavy atom. The summed E-state index contributed by atoms with van der Waals surface area (Å²) in [6.07, 6.45) is 0. The number of anilines is 1. The van der Waals surface area contributed by atoms with Gasteiger partial charge in [0.2, 0.25) is 0 Å². The van der Waals surface area contributed by atoms with E-state index in [4.69, 9.17) is 10.5 Å². The molecule has 0 amide bonds. The van der Waals surface area contributed by atoms with Crippen molar-refractivity contribution in [1.82, 2.24) is 0 Å². The van der Waals surface area contributed by atoms with E-state index < -0.39 is 0 Å². The molecule has 0 fully saturated rings. The summed E-state index contributed by atoms with van der Waals surface area (Å²) in [4.78, 5) is 4.18. The van der Waals surface area contributed by atoms with Gasteiger partial charge in [0.15, 0.2) is 17.5 Å². The maximum Gasteiger partial charge on any atom is 0.193 e. The lowest BCUT2D eigenvalue weighted by Crippen LogP contribution is -2.22. The molecule has 0 atom stereocenters. The zero-order valence-corrected chi connectivity index (χ0v) is 11.8. The summed E-state index contributed by atoms with van der Waals surface area (Å²) in [7, 11) is 0. The molecule has 0 aromatic heterocycles. The maximum atomic E-state index is 13.7. The highest BCUT2D eigenvalue weighted by atomic mass is 19.1. The Kier molecular flexibility index (Phi) is 5.15. The number of benzene rings is 2. The Morgan fingerprint density at radius 2 is 2.00 bits per heavy atom. The fourth-order valence-electron chi connectivity index (χ4n) is 1.80. The van der Waals surface area contributed by atoms with Gasteiger partial charge in [0.1, 0.15) is 0 Å². The van der Waals surface area contributed by atoms with Crippen LogP contribution in [-0.2, 0) is 6.54 Å². The first-order valence-corrected chi connectivity index (χ1v) is 6.72. The molecule has 0 aliphatic carbocycles. The molecule has 0 saturated heterocycles. The number of rotatable bonds is 5. The molecule has 0 aliphatic heterocycles. The number of nitrogens with two attached hydrogens (primary N) is 1. The van der Waals surface area contributed by atoms with Gasteiger partial charge in [-0.05, 0) is 36.8 Å². The van der Waals surface area contributed by atoms with Gasteiger partial charge < -0.3 is 15.8 Å². The van der Waals surface area contributed by atoms with Crippen LogP contribution in [0.15, 0.2) is 53.5 Å². The highest BCUT2D eigenvalue weighted by Gasteiger charge is 2.04. The first-order valence-electron chi connectivity index (χ1n) is 6.72. The zero-order chi connectivity index (χ0) is 15.1. The van der Waals surface area contributed by atoms with Crippen LogP contribution in [0, 0.1) is 5.82 Å². The molecule has 110 valence electrons. The van der Waals surface area contributed by atoms with Crippen molar-refractivity contribution in [3.63, 3.8) is 0 Å². The standard InChI is InChI=1S/C16H18FN3O/c1-2-21-15-9-8-12(10-14(15)17)11-19-16(18)20-13-6-4-3-5-7-13/h3-10H,2,11H2,1H3,(H3,18,19,20). The molecular weight excluding hydrogens is 269 g/mol. The van der Waals surface area contributed by atoms with Crippen LogP contribution in [0.4, 0.5) is 10.1 Å². The van der Waals surface area contributed by atoms with E-state index in [0.29, 0.717) is 13.2 Å². The smallest absolute Gasteiger partial charge is 0.193 e. The van der Waals surface area contributed by atoms with Crippen LogP contribution >= 0.6 is 0 Å². The van der Waals surface area contributed by atoms with Crippen LogP contribution in [0.1, 0.15) is 12.5 Å². The summed E-state index contributed by atoms with van der Waals surface area (Å²) < 4.78 is 18.8. The molecule has 2 aromatic carbocycles. The Balaban J connectivity index is 1.98. The van der Waals surface area contributed by atoms with Gasteiger partial charge >= 0.3 is 0 Å². The van der Waals surface area contributed by atoms with Gasteiger partial charge in [-0.1, -0.05) is 24.3 Å². The maximum absolute atomic E-state index is 13.7. The molecule has 0 bridgehead atoms. The second kappa shape index (κ2) is 7.28. The Morgan fingerprint density at radius 1 is 1.24 bits per heavy atom. The molecule has 2 aromatic rings. The average Bonchev–Trinajstić information content (AvgIpc) is 2.49. The predicted octanol–water partition coefficient (Wildman–Crippen LogP) is 3.15. The lowest BCUT2D eigenvalue weighted by molar-refractivity contribution is 0.321. The van der Waals surface area contributed by atoms with Gasteiger partial charge in [-0.15, -0.1) is 0 Å². The van der Waals surface area contributed by atoms with E-state index >= 15 is 0 Å². The van der Waals surface area contributed by atoms with Gasteiger partial charge in [-0.25, -0.2) is 9.38 Å². The lowest BCUT2D eigenvalue weighted by Gasteiger charge is -2.07. The Hall–Kier alpha value is -2.56. The minimum atomic E-state index is -0.390. The number of para-hydroxylation sites is 1. The second-order valence-corrected chi connectivity index (χ2v) is 4.39. The fraction of sp³-hybridized carbons (Fsp3) is 0.188. The Bertz CT molecular complexity index is 614. The molecular formula is C16H18FN3O. The minimum Gasteiger partial charge on any atom is -0.491 e. The molecule has 0 unspecified atom stereocenters. The first kappa shape index (κ1) is 14.8. The second-order valence-electron chi connectivity index (χ2n) is 4.39. The van der Waals surface area contributed by atoms with E-state index in [0.717, 1.165) is 11.3 Å². The topological polar surface area (TPSA) is 59.6 Å². The normalized spacial score (nSPS) is 11.2. The number of hydrogen-bond donors (Lipinski definition) is 2. The third kappa shape index (κ3) is 4.49. The van der Waals surface area contributed by atoms with E-state index in [9.17, 15) is 4.39 Å². The fourth-order valence-corrected chi connectivity index (χ4v) is 1.80. The monoisotopic (exact) mass is 287 g/mol. The number of nitrogens with zero attached hydrogens (tertiary/aromatic N) is 1. The molecule has 0 saturated carbocycles. The molecule has 3 N–H and O–H groups in total. The predicted molar refractivity (Wildman–Crippen MR) is 83.0 cm³/mol. The third-order valence-corrected chi connectivity index (χ3v) is 2.77. The summed E-state index contributed by atoms with van der Waals surface area (Å²) in [6, 6.07) is 14.3. The molecule has 0 aliphatic rings. The van der Waals surface area contributed by atoms with Crippen molar-refractivity contribution in [2.75, 3.05) is 11.9 Å². The third-order valence-electron chi connectivity index (χ3n) is 2.77. The lowest BCUT2D eigenvalue weighted by atomic mass is 10.2. The Labute approximate surface area is 123 Å². The van der Waals surface area contributed by atoms with E-state index in [-0.39, 0.29) is 17.5 Å². The van der Waals surface area contributed by atoms with Crippen LogP contribution in [0.2, 0.25) is 0 Å². The molecule has 0 radical (unpaired) electrons. The van der Waals surface area contributed by atoms with Gasteiger partial charge in [0, 0.05) is 5.69 Å². The number of hydrogen-bond acceptors (Lipinski definition) is 2. The summed E-state index contributed by atoms with van der Waals surface area (Å²) in [5.74, 6) is 0.148. The van der Waals surface area contributed by atoms with Crippen molar-refractivity contribution in [2.45, 2.75) is 13.5 Å². The highest BCUT2D eigenvalue weighted by molar-refractivity contribution is 5.92. The van der Waals surface area contributed by atoms with Crippen LogP contribution in [0.5, 0.6) is 5.75 Å². The van der Waals surface area contributed by atoms with E-state index in [1.807, 2.05) is 37.3 Å². The molecule has 0 heterocycles. The first-order chi connectivity index (χ1) is 10.2. The van der Waals surface area contributed by atoms with Gasteiger partial charge in [0.25, 0.3) is 0 Å². The quantitative estimate of drug-likeness (QED) is 0.656. The number of aliphatic imine (C=N–C) groups is 1. The molecule has 4 nitrogen and oxygen atoms in total. The van der Waals surface area contributed by atoms with Crippen molar-refractivity contribution in [3.05, 3.63) is 59.9 Å². The van der Waals surface area contributed by atoms with Gasteiger partial charge in [-0.2, -0.15) is 0 Å². The van der Waals surface area contributed by atoms with Crippen molar-refractivity contribution >= 4 is 11.6 Å². The number of halogens is 1. The summed E-state index contributed by atoms with van der Waals surface area (Å²) in [6.45, 7) is 2.55. The van der Waals surface area contributed by atoms with Crippen molar-refractivity contribution in [2.24, 2.45) is 10.7 Å². The van der Waals surface area contributed by atoms with Crippen molar-refractivity contribution in [3.8, 4) is 5.75 Å². The highest BCUT2D eigenvalue weighted by Crippen LogP contribution is 2.18. The van der Waals surface area contributed by atoms with Crippen LogP contribution in [0.3, 0.4) is 0 Å². The van der Waals surface area contributed by atoms with Crippen LogP contribution in [-0.4, -0.2) is 12.6 Å². The summed E-state index contributed by atoms with van der Waals surface area (Å²) in [5.41, 5.74) is 7.38. The number of nitrogens with one attached hydrogen (secondary N) is 1. The SMILES string of the molecule is CCOc1ccc(CN=C(N)Nc2ccccc2)cc1F. The molecule has 5 heteroatoms. The zero-order valence-electron chi connectivity index (χ0n) is 11.8. The van der Waals surface area contributed by atoms with Gasteiger partial charge in [0.05, 0.1) is 13.2 Å². The summed E-state index contributed by atoms with van der Waals surface area (Å²) >= 11 is 0. The van der Waals surface area contributed by atoms with Crippen LogP contribution < -0.4 is 15.8 Å². The minimum absolute atomic E-state index is 0.251.